The van der Waals surface area contributed by atoms with Crippen LogP contribution in [-0.4, -0.2) is 32.7 Å². The minimum atomic E-state index is 0.0451. The van der Waals surface area contributed by atoms with E-state index >= 15 is 0 Å². The first-order chi connectivity index (χ1) is 9.19. The van der Waals surface area contributed by atoms with Crippen molar-refractivity contribution in [3.8, 4) is 5.75 Å². The topological polar surface area (TPSA) is 44.8 Å². The summed E-state index contributed by atoms with van der Waals surface area (Å²) >= 11 is 0. The summed E-state index contributed by atoms with van der Waals surface area (Å²) in [7, 11) is 1.67. The van der Waals surface area contributed by atoms with Crippen LogP contribution in [0.15, 0.2) is 18.2 Å². The molecule has 0 heterocycles. The van der Waals surface area contributed by atoms with Crippen molar-refractivity contribution in [2.24, 2.45) is 0 Å². The van der Waals surface area contributed by atoms with Gasteiger partial charge in [0.25, 0.3) is 0 Å². The molecule has 0 amide bonds. The summed E-state index contributed by atoms with van der Waals surface area (Å²) in [4.78, 5) is 11.4. The zero-order valence-electron chi connectivity index (χ0n) is 11.9. The van der Waals surface area contributed by atoms with E-state index in [1.165, 1.54) is 0 Å². The van der Waals surface area contributed by atoms with Crippen molar-refractivity contribution in [2.75, 3.05) is 26.9 Å². The van der Waals surface area contributed by atoms with Crippen LogP contribution in [0.25, 0.3) is 0 Å². The van der Waals surface area contributed by atoms with Crippen molar-refractivity contribution in [3.05, 3.63) is 29.3 Å². The maximum Gasteiger partial charge on any atom is 0.159 e. The molecule has 4 nitrogen and oxygen atoms in total. The Kier molecular flexibility index (Phi) is 7.15. The van der Waals surface area contributed by atoms with E-state index in [4.69, 9.17) is 14.2 Å². The predicted octanol–water partition coefficient (Wildman–Crippen LogP) is 2.84. The lowest BCUT2D eigenvalue weighted by molar-refractivity contribution is 0.0912. The molecule has 0 aliphatic heterocycles. The van der Waals surface area contributed by atoms with Crippen LogP contribution in [0.4, 0.5) is 0 Å². The minimum Gasteiger partial charge on any atom is -0.494 e. The Balaban J connectivity index is 2.65. The van der Waals surface area contributed by atoms with Crippen LogP contribution in [-0.2, 0) is 16.1 Å². The third-order valence-electron chi connectivity index (χ3n) is 2.66. The summed E-state index contributed by atoms with van der Waals surface area (Å²) in [6.45, 7) is 5.84. The number of Topliss-reactive ketones (excluding diaryl/α,β-unsaturated/α-hetero) is 1. The Morgan fingerprint density at radius 1 is 1.26 bits per heavy atom. The van der Waals surface area contributed by atoms with E-state index in [0.29, 0.717) is 32.0 Å². The van der Waals surface area contributed by atoms with Gasteiger partial charge in [-0.2, -0.15) is 0 Å². The quantitative estimate of drug-likeness (QED) is 0.509. The van der Waals surface area contributed by atoms with E-state index in [1.807, 2.05) is 19.1 Å². The van der Waals surface area contributed by atoms with E-state index in [0.717, 1.165) is 17.7 Å². The summed E-state index contributed by atoms with van der Waals surface area (Å²) < 4.78 is 16.1. The minimum absolute atomic E-state index is 0.0451. The number of carbonyl (C=O) groups is 1. The van der Waals surface area contributed by atoms with Crippen molar-refractivity contribution in [3.63, 3.8) is 0 Å². The van der Waals surface area contributed by atoms with Crippen LogP contribution < -0.4 is 4.74 Å². The van der Waals surface area contributed by atoms with Crippen LogP contribution in [0, 0.1) is 0 Å². The fourth-order valence-corrected chi connectivity index (χ4v) is 1.69. The van der Waals surface area contributed by atoms with E-state index in [1.54, 1.807) is 20.1 Å². The normalized spacial score (nSPS) is 10.5. The number of ether oxygens (including phenoxy) is 3. The van der Waals surface area contributed by atoms with Gasteiger partial charge in [0.05, 0.1) is 13.2 Å². The highest BCUT2D eigenvalue weighted by atomic mass is 16.5. The molecular weight excluding hydrogens is 244 g/mol. The summed E-state index contributed by atoms with van der Waals surface area (Å²) in [5.41, 5.74) is 1.59. The molecule has 0 N–H and O–H groups in total. The van der Waals surface area contributed by atoms with Crippen molar-refractivity contribution >= 4 is 5.78 Å². The van der Waals surface area contributed by atoms with Crippen LogP contribution in [0.5, 0.6) is 5.75 Å². The molecular formula is C15H22O4. The largest absolute Gasteiger partial charge is 0.494 e. The summed E-state index contributed by atoms with van der Waals surface area (Å²) in [5, 5.41) is 0. The van der Waals surface area contributed by atoms with Gasteiger partial charge in [-0.05, 0) is 38.5 Å². The third kappa shape index (κ3) is 5.41. The van der Waals surface area contributed by atoms with Crippen LogP contribution in [0.2, 0.25) is 0 Å². The molecule has 0 aliphatic rings. The molecule has 0 radical (unpaired) electrons. The zero-order valence-corrected chi connectivity index (χ0v) is 11.9. The maximum atomic E-state index is 11.4. The second kappa shape index (κ2) is 8.67. The number of rotatable bonds is 9. The first kappa shape index (κ1) is 15.7. The zero-order chi connectivity index (χ0) is 14.1. The summed E-state index contributed by atoms with van der Waals surface area (Å²) in [5.74, 6) is 0.822. The molecule has 4 heteroatoms. The lowest BCUT2D eigenvalue weighted by atomic mass is 10.1. The van der Waals surface area contributed by atoms with Crippen LogP contribution in [0.1, 0.15) is 36.2 Å². The Hall–Kier alpha value is -1.39. The molecule has 0 atom stereocenters. The molecule has 0 aliphatic carbocycles. The molecule has 0 spiro atoms. The molecule has 0 saturated carbocycles. The predicted molar refractivity (Wildman–Crippen MR) is 73.8 cm³/mol. The van der Waals surface area contributed by atoms with Crippen molar-refractivity contribution < 1.29 is 19.0 Å². The lowest BCUT2D eigenvalue weighted by Crippen LogP contribution is -2.04. The molecule has 0 aromatic heterocycles. The average molecular weight is 266 g/mol. The number of ketones is 1. The van der Waals surface area contributed by atoms with E-state index in [2.05, 4.69) is 0 Å². The lowest BCUT2D eigenvalue weighted by Gasteiger charge is -2.12. The fourth-order valence-electron chi connectivity index (χ4n) is 1.69. The molecule has 0 saturated heterocycles. The van der Waals surface area contributed by atoms with Crippen LogP contribution >= 0.6 is 0 Å². The van der Waals surface area contributed by atoms with Gasteiger partial charge in [0.1, 0.15) is 5.75 Å². The second-order valence-corrected chi connectivity index (χ2v) is 4.21. The van der Waals surface area contributed by atoms with Crippen LogP contribution in [0.3, 0.4) is 0 Å². The maximum absolute atomic E-state index is 11.4. The van der Waals surface area contributed by atoms with Gasteiger partial charge < -0.3 is 14.2 Å². The molecule has 106 valence electrons. The van der Waals surface area contributed by atoms with Gasteiger partial charge in [0, 0.05) is 31.5 Å². The SMILES string of the molecule is CCOc1ccc(C(C)=O)cc1COCCCOC. The highest BCUT2D eigenvalue weighted by molar-refractivity contribution is 5.94. The number of carbonyl (C=O) groups excluding carboxylic acids is 1. The van der Waals surface area contributed by atoms with Crippen molar-refractivity contribution in [1.29, 1.82) is 0 Å². The van der Waals surface area contributed by atoms with E-state index in [9.17, 15) is 4.79 Å². The molecule has 0 bridgehead atoms. The Morgan fingerprint density at radius 3 is 2.68 bits per heavy atom. The molecule has 0 unspecified atom stereocenters. The number of methoxy groups -OCH3 is 1. The second-order valence-electron chi connectivity index (χ2n) is 4.21. The molecule has 19 heavy (non-hydrogen) atoms. The molecule has 1 aromatic carbocycles. The fraction of sp³-hybridized carbons (Fsp3) is 0.533. The Morgan fingerprint density at radius 2 is 2.05 bits per heavy atom. The van der Waals surface area contributed by atoms with Gasteiger partial charge >= 0.3 is 0 Å². The van der Waals surface area contributed by atoms with Gasteiger partial charge in [0.2, 0.25) is 0 Å². The van der Waals surface area contributed by atoms with Crippen molar-refractivity contribution in [2.45, 2.75) is 26.9 Å². The van der Waals surface area contributed by atoms with Gasteiger partial charge in [-0.1, -0.05) is 0 Å². The van der Waals surface area contributed by atoms with Gasteiger partial charge in [-0.15, -0.1) is 0 Å². The third-order valence-corrected chi connectivity index (χ3v) is 2.66. The van der Waals surface area contributed by atoms with Gasteiger partial charge in [-0.25, -0.2) is 0 Å². The monoisotopic (exact) mass is 266 g/mol. The number of hydrogen-bond donors (Lipinski definition) is 0. The Bertz CT molecular complexity index is 401. The average Bonchev–Trinajstić information content (AvgIpc) is 2.40. The summed E-state index contributed by atoms with van der Waals surface area (Å²) in [6, 6.07) is 5.44. The number of hydrogen-bond acceptors (Lipinski definition) is 4. The highest BCUT2D eigenvalue weighted by Gasteiger charge is 2.08. The first-order valence-electron chi connectivity index (χ1n) is 6.52. The molecule has 1 aromatic rings. The summed E-state index contributed by atoms with van der Waals surface area (Å²) in [6.07, 6.45) is 0.854. The van der Waals surface area contributed by atoms with E-state index in [-0.39, 0.29) is 5.78 Å². The molecule has 0 fully saturated rings. The van der Waals surface area contributed by atoms with E-state index < -0.39 is 0 Å². The highest BCUT2D eigenvalue weighted by Crippen LogP contribution is 2.21. The molecule has 1 rings (SSSR count). The smallest absolute Gasteiger partial charge is 0.159 e. The van der Waals surface area contributed by atoms with Gasteiger partial charge in [-0.3, -0.25) is 4.79 Å². The van der Waals surface area contributed by atoms with Gasteiger partial charge in [0.15, 0.2) is 5.78 Å². The standard InChI is InChI=1S/C15H22O4/c1-4-19-15-7-6-13(12(2)16)10-14(15)11-18-9-5-8-17-3/h6-7,10H,4-5,8-9,11H2,1-3H3. The number of benzene rings is 1. The first-order valence-corrected chi connectivity index (χ1v) is 6.52. The Labute approximate surface area is 114 Å². The van der Waals surface area contributed by atoms with Crippen molar-refractivity contribution in [1.82, 2.24) is 0 Å².